The van der Waals surface area contributed by atoms with Crippen molar-refractivity contribution in [1.29, 1.82) is 0 Å². The normalized spacial score (nSPS) is 10.9. The van der Waals surface area contributed by atoms with Crippen LogP contribution in [0.25, 0.3) is 5.65 Å². The minimum atomic E-state index is -0.201. The monoisotopic (exact) mass is 337 g/mol. The number of aryl methyl sites for hydroxylation is 3. The molecule has 0 saturated carbocycles. The molecule has 1 amide bonds. The summed E-state index contributed by atoms with van der Waals surface area (Å²) in [5.41, 5.74) is 12.3. The largest absolute Gasteiger partial charge is 0.378 e. The zero-order chi connectivity index (χ0) is 18.0. The lowest BCUT2D eigenvalue weighted by Crippen LogP contribution is -2.23. The second-order valence-corrected chi connectivity index (χ2v) is 6.10. The van der Waals surface area contributed by atoms with Crippen molar-refractivity contribution in [3.05, 3.63) is 59.0 Å². The van der Waals surface area contributed by atoms with Gasteiger partial charge in [0, 0.05) is 24.1 Å². The van der Waals surface area contributed by atoms with Crippen LogP contribution in [0.4, 0.5) is 11.4 Å². The Labute approximate surface area is 147 Å². The molecule has 0 spiro atoms. The van der Waals surface area contributed by atoms with Gasteiger partial charge in [-0.25, -0.2) is 4.98 Å². The van der Waals surface area contributed by atoms with Crippen molar-refractivity contribution in [1.82, 2.24) is 9.38 Å². The second kappa shape index (κ2) is 6.94. The van der Waals surface area contributed by atoms with E-state index in [4.69, 9.17) is 5.73 Å². The van der Waals surface area contributed by atoms with Gasteiger partial charge in [0.1, 0.15) is 0 Å². The topological polar surface area (TPSA) is 84.5 Å². The maximum Gasteiger partial charge on any atom is 0.238 e. The van der Waals surface area contributed by atoms with E-state index in [2.05, 4.69) is 26.9 Å². The fraction of sp³-hybridized carbons (Fsp3) is 0.263. The minimum absolute atomic E-state index is 0.0350. The number of nitrogens with two attached hydrogens (primary N) is 1. The highest BCUT2D eigenvalue weighted by Crippen LogP contribution is 2.24. The highest BCUT2D eigenvalue weighted by atomic mass is 16.1. The van der Waals surface area contributed by atoms with Crippen LogP contribution in [0.2, 0.25) is 0 Å². The number of amides is 1. The van der Waals surface area contributed by atoms with E-state index in [-0.39, 0.29) is 12.5 Å². The summed E-state index contributed by atoms with van der Waals surface area (Å²) in [5.74, 6) is -0.201. The predicted octanol–water partition coefficient (Wildman–Crippen LogP) is 2.77. The number of hydrogen-bond acceptors (Lipinski definition) is 4. The molecule has 0 unspecified atom stereocenters. The third-order valence-electron chi connectivity index (χ3n) is 4.45. The number of hydrogen-bond donors (Lipinski definition) is 3. The lowest BCUT2D eigenvalue weighted by atomic mass is 10.1. The molecule has 6 heteroatoms. The lowest BCUT2D eigenvalue weighted by molar-refractivity contribution is -0.114. The molecule has 0 atom stereocenters. The van der Waals surface area contributed by atoms with E-state index in [0.29, 0.717) is 6.54 Å². The van der Waals surface area contributed by atoms with Crippen molar-refractivity contribution in [3.63, 3.8) is 0 Å². The van der Waals surface area contributed by atoms with E-state index in [1.807, 2.05) is 50.4 Å². The first-order chi connectivity index (χ1) is 12.0. The van der Waals surface area contributed by atoms with Crippen LogP contribution in [0.5, 0.6) is 0 Å². The third kappa shape index (κ3) is 3.34. The van der Waals surface area contributed by atoms with Crippen LogP contribution in [0, 0.1) is 20.8 Å². The maximum atomic E-state index is 11.7. The Bertz CT molecular complexity index is 929. The number of pyridine rings is 1. The Balaban J connectivity index is 1.90. The highest BCUT2D eigenvalue weighted by molar-refractivity contribution is 5.93. The summed E-state index contributed by atoms with van der Waals surface area (Å²) < 4.78 is 2.08. The minimum Gasteiger partial charge on any atom is -0.378 e. The molecule has 1 aromatic carbocycles. The van der Waals surface area contributed by atoms with Crippen molar-refractivity contribution in [2.24, 2.45) is 5.73 Å². The molecule has 2 aromatic heterocycles. The first-order valence-electron chi connectivity index (χ1n) is 8.28. The number of carbonyl (C=O) groups is 1. The van der Waals surface area contributed by atoms with Crippen molar-refractivity contribution < 1.29 is 4.79 Å². The Morgan fingerprint density at radius 2 is 1.92 bits per heavy atom. The smallest absolute Gasteiger partial charge is 0.238 e. The molecule has 0 radical (unpaired) electrons. The number of fused-ring (bicyclic) bond motifs is 1. The van der Waals surface area contributed by atoms with Crippen LogP contribution >= 0.6 is 0 Å². The van der Waals surface area contributed by atoms with Crippen LogP contribution < -0.4 is 16.4 Å². The molecule has 0 aliphatic carbocycles. The second-order valence-electron chi connectivity index (χ2n) is 6.10. The maximum absolute atomic E-state index is 11.7. The van der Waals surface area contributed by atoms with E-state index >= 15 is 0 Å². The van der Waals surface area contributed by atoms with Gasteiger partial charge in [-0.15, -0.1) is 0 Å². The fourth-order valence-corrected chi connectivity index (χ4v) is 2.88. The molecule has 4 N–H and O–H groups in total. The summed E-state index contributed by atoms with van der Waals surface area (Å²) in [6.45, 7) is 6.64. The van der Waals surface area contributed by atoms with Crippen molar-refractivity contribution >= 4 is 22.9 Å². The molecule has 3 rings (SSSR count). The summed E-state index contributed by atoms with van der Waals surface area (Å²) in [4.78, 5) is 16.3. The van der Waals surface area contributed by atoms with Crippen LogP contribution in [-0.4, -0.2) is 21.8 Å². The lowest BCUT2D eigenvalue weighted by Gasteiger charge is -2.15. The van der Waals surface area contributed by atoms with E-state index < -0.39 is 0 Å². The van der Waals surface area contributed by atoms with Gasteiger partial charge in [0.15, 0.2) is 5.65 Å². The molecule has 0 fully saturated rings. The van der Waals surface area contributed by atoms with Crippen LogP contribution in [-0.2, 0) is 11.3 Å². The Morgan fingerprint density at radius 3 is 2.68 bits per heavy atom. The number of rotatable bonds is 5. The molecule has 6 nitrogen and oxygen atoms in total. The molecule has 0 aliphatic heterocycles. The quantitative estimate of drug-likeness (QED) is 0.668. The number of anilines is 2. The van der Waals surface area contributed by atoms with Gasteiger partial charge in [0.2, 0.25) is 5.91 Å². The van der Waals surface area contributed by atoms with Crippen molar-refractivity contribution in [2.45, 2.75) is 27.3 Å². The predicted molar refractivity (Wildman–Crippen MR) is 101 cm³/mol. The Kier molecular flexibility index (Phi) is 4.72. The number of carbonyl (C=O) groups excluding carboxylic acids is 1. The summed E-state index contributed by atoms with van der Waals surface area (Å²) >= 11 is 0. The first-order valence-corrected chi connectivity index (χ1v) is 8.28. The summed E-state index contributed by atoms with van der Waals surface area (Å²) in [6.07, 6.45) is 2.01. The van der Waals surface area contributed by atoms with Gasteiger partial charge >= 0.3 is 0 Å². The summed E-state index contributed by atoms with van der Waals surface area (Å²) in [6, 6.07) is 9.85. The van der Waals surface area contributed by atoms with Gasteiger partial charge in [-0.3, -0.25) is 4.79 Å². The SMILES string of the molecule is Cc1cccc(NC(=O)CN)c1CNc1cccn2c(C)c(C)nc12. The van der Waals surface area contributed by atoms with Gasteiger partial charge in [-0.2, -0.15) is 0 Å². The van der Waals surface area contributed by atoms with E-state index in [9.17, 15) is 4.79 Å². The molecule has 3 aromatic rings. The number of imidazole rings is 1. The van der Waals surface area contributed by atoms with E-state index in [1.54, 1.807) is 0 Å². The number of aromatic nitrogens is 2. The number of nitrogens with zero attached hydrogens (tertiary/aromatic N) is 2. The van der Waals surface area contributed by atoms with Gasteiger partial charge in [0.25, 0.3) is 0 Å². The van der Waals surface area contributed by atoms with E-state index in [0.717, 1.165) is 39.5 Å². The molecule has 0 bridgehead atoms. The van der Waals surface area contributed by atoms with E-state index in [1.165, 1.54) is 0 Å². The standard InChI is InChI=1S/C19H23N5O/c1-12-6-4-7-16(23-18(25)10-20)15(12)11-21-17-8-5-9-24-14(3)13(2)22-19(17)24/h4-9,21H,10-11,20H2,1-3H3,(H,23,25). The zero-order valence-electron chi connectivity index (χ0n) is 14.8. The van der Waals surface area contributed by atoms with Gasteiger partial charge in [-0.05, 0) is 50.1 Å². The summed E-state index contributed by atoms with van der Waals surface area (Å²) in [7, 11) is 0. The molecule has 0 aliphatic rings. The van der Waals surface area contributed by atoms with Crippen LogP contribution in [0.1, 0.15) is 22.5 Å². The molecule has 130 valence electrons. The summed E-state index contributed by atoms with van der Waals surface area (Å²) in [5, 5.41) is 6.31. The Hall–Kier alpha value is -2.86. The average molecular weight is 337 g/mol. The zero-order valence-corrected chi connectivity index (χ0v) is 14.8. The highest BCUT2D eigenvalue weighted by Gasteiger charge is 2.11. The van der Waals surface area contributed by atoms with Crippen LogP contribution in [0.3, 0.4) is 0 Å². The first kappa shape index (κ1) is 17.0. The van der Waals surface area contributed by atoms with Crippen molar-refractivity contribution in [3.8, 4) is 0 Å². The molecule has 25 heavy (non-hydrogen) atoms. The molecule has 0 saturated heterocycles. The van der Waals surface area contributed by atoms with Crippen LogP contribution in [0.15, 0.2) is 36.5 Å². The number of nitrogens with one attached hydrogen (secondary N) is 2. The van der Waals surface area contributed by atoms with Crippen molar-refractivity contribution in [2.75, 3.05) is 17.2 Å². The molecule has 2 heterocycles. The molecular weight excluding hydrogens is 314 g/mol. The average Bonchev–Trinajstić information content (AvgIpc) is 2.89. The molecular formula is C19H23N5O. The number of benzene rings is 1. The fourth-order valence-electron chi connectivity index (χ4n) is 2.88. The Morgan fingerprint density at radius 1 is 1.16 bits per heavy atom. The van der Waals surface area contributed by atoms with Gasteiger partial charge in [-0.1, -0.05) is 12.1 Å². The van der Waals surface area contributed by atoms with Gasteiger partial charge < -0.3 is 20.8 Å². The third-order valence-corrected chi connectivity index (χ3v) is 4.45. The van der Waals surface area contributed by atoms with Gasteiger partial charge in [0.05, 0.1) is 17.9 Å².